The van der Waals surface area contributed by atoms with Gasteiger partial charge in [0.2, 0.25) is 0 Å². The minimum absolute atomic E-state index is 0.847. The van der Waals surface area contributed by atoms with Crippen molar-refractivity contribution in [1.29, 1.82) is 0 Å². The van der Waals surface area contributed by atoms with Gasteiger partial charge in [-0.05, 0) is 63.4 Å². The number of hydrogen-bond donors (Lipinski definition) is 0. The van der Waals surface area contributed by atoms with E-state index in [1.807, 2.05) is 0 Å². The molecule has 0 saturated carbocycles. The minimum atomic E-state index is 0.847. The van der Waals surface area contributed by atoms with Crippen molar-refractivity contribution in [3.8, 4) is 0 Å². The molecule has 2 saturated heterocycles. The maximum atomic E-state index is 2.72. The van der Waals surface area contributed by atoms with E-state index in [9.17, 15) is 0 Å². The van der Waals surface area contributed by atoms with Gasteiger partial charge in [0.05, 0.1) is 0 Å². The molecule has 2 aliphatic rings. The SMILES string of the molecule is Cc1ccccc1CCN1CCCN2CCCC2C1. The standard InChI is InChI=1S/C17H26N2/c1-15-6-2-3-7-16(15)9-13-18-10-5-12-19-11-4-8-17(19)14-18/h2-3,6-7,17H,4-5,8-14H2,1H3. The van der Waals surface area contributed by atoms with Crippen LogP contribution in [0.2, 0.25) is 0 Å². The lowest BCUT2D eigenvalue weighted by molar-refractivity contribution is 0.221. The van der Waals surface area contributed by atoms with Crippen LogP contribution in [0.1, 0.15) is 30.4 Å². The van der Waals surface area contributed by atoms with Crippen molar-refractivity contribution < 1.29 is 0 Å². The first-order valence-electron chi connectivity index (χ1n) is 7.84. The molecule has 0 N–H and O–H groups in total. The molecule has 1 aromatic rings. The largest absolute Gasteiger partial charge is 0.301 e. The van der Waals surface area contributed by atoms with Crippen LogP contribution in [0.25, 0.3) is 0 Å². The summed E-state index contributed by atoms with van der Waals surface area (Å²) in [6.45, 7) is 8.72. The topological polar surface area (TPSA) is 6.48 Å². The molecular formula is C17H26N2. The maximum Gasteiger partial charge on any atom is 0.0223 e. The van der Waals surface area contributed by atoms with Crippen LogP contribution in [-0.2, 0) is 6.42 Å². The summed E-state index contributed by atoms with van der Waals surface area (Å²) < 4.78 is 0. The summed E-state index contributed by atoms with van der Waals surface area (Å²) in [5, 5.41) is 0. The van der Waals surface area contributed by atoms with Gasteiger partial charge >= 0.3 is 0 Å². The number of hydrogen-bond acceptors (Lipinski definition) is 2. The summed E-state index contributed by atoms with van der Waals surface area (Å²) in [5.74, 6) is 0. The Balaban J connectivity index is 1.56. The molecule has 0 aromatic heterocycles. The third-order valence-corrected chi connectivity index (χ3v) is 4.85. The lowest BCUT2D eigenvalue weighted by atomic mass is 10.1. The Morgan fingerprint density at radius 2 is 1.95 bits per heavy atom. The second kappa shape index (κ2) is 6.06. The smallest absolute Gasteiger partial charge is 0.0223 e. The van der Waals surface area contributed by atoms with E-state index in [4.69, 9.17) is 0 Å². The zero-order valence-corrected chi connectivity index (χ0v) is 12.1. The van der Waals surface area contributed by atoms with Gasteiger partial charge in [-0.3, -0.25) is 4.90 Å². The highest BCUT2D eigenvalue weighted by Crippen LogP contribution is 2.21. The van der Waals surface area contributed by atoms with Crippen LogP contribution < -0.4 is 0 Å². The molecule has 2 heterocycles. The summed E-state index contributed by atoms with van der Waals surface area (Å²) in [7, 11) is 0. The molecule has 2 aliphatic heterocycles. The number of benzene rings is 1. The van der Waals surface area contributed by atoms with Crippen molar-refractivity contribution in [2.45, 2.75) is 38.6 Å². The summed E-state index contributed by atoms with van der Waals surface area (Å²) in [6, 6.07) is 9.68. The van der Waals surface area contributed by atoms with Crippen LogP contribution in [0, 0.1) is 6.92 Å². The second-order valence-corrected chi connectivity index (χ2v) is 6.16. The Bertz CT molecular complexity index is 415. The van der Waals surface area contributed by atoms with Gasteiger partial charge in [-0.15, -0.1) is 0 Å². The first-order valence-corrected chi connectivity index (χ1v) is 7.84. The van der Waals surface area contributed by atoms with Crippen molar-refractivity contribution in [3.63, 3.8) is 0 Å². The molecule has 19 heavy (non-hydrogen) atoms. The fourth-order valence-electron chi connectivity index (χ4n) is 3.66. The minimum Gasteiger partial charge on any atom is -0.301 e. The van der Waals surface area contributed by atoms with Crippen LogP contribution in [0.15, 0.2) is 24.3 Å². The Kier molecular flexibility index (Phi) is 4.19. The number of nitrogens with zero attached hydrogens (tertiary/aromatic N) is 2. The molecule has 0 bridgehead atoms. The molecule has 0 amide bonds. The third-order valence-electron chi connectivity index (χ3n) is 4.85. The molecule has 0 spiro atoms. The quantitative estimate of drug-likeness (QED) is 0.822. The van der Waals surface area contributed by atoms with Crippen molar-refractivity contribution in [3.05, 3.63) is 35.4 Å². The Hall–Kier alpha value is -0.860. The first-order chi connectivity index (χ1) is 9.33. The summed E-state index contributed by atoms with van der Waals surface area (Å²) in [6.07, 6.45) is 5.39. The van der Waals surface area contributed by atoms with E-state index in [2.05, 4.69) is 41.0 Å². The van der Waals surface area contributed by atoms with Crippen LogP contribution >= 0.6 is 0 Å². The Morgan fingerprint density at radius 1 is 1.11 bits per heavy atom. The lowest BCUT2D eigenvalue weighted by Crippen LogP contribution is -2.37. The van der Waals surface area contributed by atoms with Gasteiger partial charge in [-0.2, -0.15) is 0 Å². The molecule has 1 aromatic carbocycles. The predicted molar refractivity (Wildman–Crippen MR) is 80.5 cm³/mol. The van der Waals surface area contributed by atoms with Gasteiger partial charge in [0.1, 0.15) is 0 Å². The molecule has 1 atom stereocenters. The van der Waals surface area contributed by atoms with Crippen LogP contribution in [0.3, 0.4) is 0 Å². The van der Waals surface area contributed by atoms with Gasteiger partial charge in [0.25, 0.3) is 0 Å². The Labute approximate surface area is 117 Å². The van der Waals surface area contributed by atoms with E-state index in [0.717, 1.165) is 6.04 Å². The maximum absolute atomic E-state index is 2.72. The second-order valence-electron chi connectivity index (χ2n) is 6.16. The number of fused-ring (bicyclic) bond motifs is 1. The van der Waals surface area contributed by atoms with Gasteiger partial charge in [0, 0.05) is 19.1 Å². The fraction of sp³-hybridized carbons (Fsp3) is 0.647. The van der Waals surface area contributed by atoms with Crippen molar-refractivity contribution in [1.82, 2.24) is 9.80 Å². The lowest BCUT2D eigenvalue weighted by Gasteiger charge is -2.25. The van der Waals surface area contributed by atoms with Gasteiger partial charge in [-0.1, -0.05) is 24.3 Å². The fourth-order valence-corrected chi connectivity index (χ4v) is 3.66. The molecule has 2 heteroatoms. The third kappa shape index (κ3) is 3.18. The van der Waals surface area contributed by atoms with Crippen LogP contribution in [0.5, 0.6) is 0 Å². The van der Waals surface area contributed by atoms with E-state index in [-0.39, 0.29) is 0 Å². The molecule has 0 radical (unpaired) electrons. The molecule has 3 rings (SSSR count). The highest BCUT2D eigenvalue weighted by Gasteiger charge is 2.28. The number of aryl methyl sites for hydroxylation is 1. The normalized spacial score (nSPS) is 25.2. The van der Waals surface area contributed by atoms with Gasteiger partial charge in [0.15, 0.2) is 0 Å². The monoisotopic (exact) mass is 258 g/mol. The highest BCUT2D eigenvalue weighted by molar-refractivity contribution is 5.25. The van der Waals surface area contributed by atoms with E-state index < -0.39 is 0 Å². The molecule has 2 nitrogen and oxygen atoms in total. The van der Waals surface area contributed by atoms with E-state index in [1.165, 1.54) is 69.5 Å². The zero-order valence-electron chi connectivity index (χ0n) is 12.1. The highest BCUT2D eigenvalue weighted by atomic mass is 15.3. The molecule has 1 unspecified atom stereocenters. The van der Waals surface area contributed by atoms with E-state index in [0.29, 0.717) is 0 Å². The predicted octanol–water partition coefficient (Wildman–Crippen LogP) is 2.71. The summed E-state index contributed by atoms with van der Waals surface area (Å²) >= 11 is 0. The zero-order chi connectivity index (χ0) is 13.1. The van der Waals surface area contributed by atoms with Crippen molar-refractivity contribution in [2.24, 2.45) is 0 Å². The average molecular weight is 258 g/mol. The first kappa shape index (κ1) is 13.1. The van der Waals surface area contributed by atoms with E-state index in [1.54, 1.807) is 0 Å². The van der Waals surface area contributed by atoms with E-state index >= 15 is 0 Å². The molecule has 2 fully saturated rings. The average Bonchev–Trinajstić information content (AvgIpc) is 2.76. The van der Waals surface area contributed by atoms with Crippen LogP contribution in [-0.4, -0.2) is 48.6 Å². The van der Waals surface area contributed by atoms with Crippen molar-refractivity contribution in [2.75, 3.05) is 32.7 Å². The molecule has 104 valence electrons. The van der Waals surface area contributed by atoms with Gasteiger partial charge in [-0.25, -0.2) is 0 Å². The summed E-state index contributed by atoms with van der Waals surface area (Å²) in [5.41, 5.74) is 2.97. The van der Waals surface area contributed by atoms with Crippen LogP contribution in [0.4, 0.5) is 0 Å². The number of rotatable bonds is 3. The Morgan fingerprint density at radius 3 is 2.84 bits per heavy atom. The van der Waals surface area contributed by atoms with Gasteiger partial charge < -0.3 is 4.90 Å². The molecule has 0 aliphatic carbocycles. The molecular weight excluding hydrogens is 232 g/mol. The van der Waals surface area contributed by atoms with Crippen molar-refractivity contribution >= 4 is 0 Å². The summed E-state index contributed by atoms with van der Waals surface area (Å²) in [4.78, 5) is 5.41.